The summed E-state index contributed by atoms with van der Waals surface area (Å²) in [5, 5.41) is 0. The molecule has 0 amide bonds. The third-order valence-electron chi connectivity index (χ3n) is 4.21. The van der Waals surface area contributed by atoms with Crippen molar-refractivity contribution >= 4 is 27.2 Å². The minimum atomic E-state index is -3.92. The Morgan fingerprint density at radius 3 is 2.24 bits per heavy atom. The Morgan fingerprint density at radius 2 is 1.64 bits per heavy atom. The van der Waals surface area contributed by atoms with Crippen molar-refractivity contribution < 1.29 is 17.9 Å². The summed E-state index contributed by atoms with van der Waals surface area (Å²) in [7, 11) is -2.75. The van der Waals surface area contributed by atoms with Crippen LogP contribution in [0, 0.1) is 20.8 Å². The second-order valence-electron chi connectivity index (χ2n) is 6.07. The molecule has 0 unspecified atom stereocenters. The highest BCUT2D eigenvalue weighted by Crippen LogP contribution is 2.42. The Kier molecular flexibility index (Phi) is 4.16. The van der Waals surface area contributed by atoms with E-state index in [9.17, 15) is 13.2 Å². The summed E-state index contributed by atoms with van der Waals surface area (Å²) in [4.78, 5) is 13.6. The van der Waals surface area contributed by atoms with Crippen LogP contribution >= 0.6 is 0 Å². The van der Waals surface area contributed by atoms with Gasteiger partial charge in [-0.1, -0.05) is 29.8 Å². The predicted octanol–water partition coefficient (Wildman–Crippen LogP) is 3.55. The number of esters is 1. The van der Waals surface area contributed by atoms with Gasteiger partial charge in [0.1, 0.15) is 0 Å². The first-order valence-electron chi connectivity index (χ1n) is 7.78. The molecule has 25 heavy (non-hydrogen) atoms. The van der Waals surface area contributed by atoms with Crippen molar-refractivity contribution in [1.29, 1.82) is 0 Å². The highest BCUT2D eigenvalue weighted by atomic mass is 32.2. The van der Waals surface area contributed by atoms with Crippen LogP contribution in [0.1, 0.15) is 16.7 Å². The average molecular weight is 357 g/mol. The lowest BCUT2D eigenvalue weighted by Gasteiger charge is -2.31. The highest BCUT2D eigenvalue weighted by Gasteiger charge is 2.36. The number of sulfone groups is 1. The molecule has 6 heteroatoms. The van der Waals surface area contributed by atoms with Gasteiger partial charge in [-0.25, -0.2) is 13.2 Å². The molecule has 0 aromatic heterocycles. The molecule has 0 saturated carbocycles. The van der Waals surface area contributed by atoms with Crippen LogP contribution in [0.15, 0.2) is 52.4 Å². The molecular formula is C19H19NO4S. The Balaban J connectivity index is 2.35. The monoisotopic (exact) mass is 357 g/mol. The van der Waals surface area contributed by atoms with Crippen molar-refractivity contribution in [3.8, 4) is 0 Å². The van der Waals surface area contributed by atoms with Gasteiger partial charge in [-0.05, 0) is 44.0 Å². The number of methoxy groups -OCH3 is 1. The molecule has 0 saturated heterocycles. The van der Waals surface area contributed by atoms with Crippen molar-refractivity contribution in [2.45, 2.75) is 25.7 Å². The lowest BCUT2D eigenvalue weighted by atomic mass is 10.0. The Morgan fingerprint density at radius 1 is 1.04 bits per heavy atom. The van der Waals surface area contributed by atoms with Crippen molar-refractivity contribution in [1.82, 2.24) is 0 Å². The number of carbonyl (C=O) groups excluding carboxylic acids is 1. The quantitative estimate of drug-likeness (QED) is 0.769. The minimum Gasteiger partial charge on any atom is -0.465 e. The van der Waals surface area contributed by atoms with E-state index in [1.54, 1.807) is 23.1 Å². The fourth-order valence-corrected chi connectivity index (χ4v) is 4.74. The van der Waals surface area contributed by atoms with E-state index in [4.69, 9.17) is 4.74 Å². The summed E-state index contributed by atoms with van der Waals surface area (Å²) in [6.07, 6.45) is 1.36. The fraction of sp³-hybridized carbons (Fsp3) is 0.211. The summed E-state index contributed by atoms with van der Waals surface area (Å²) >= 11 is 0. The maximum atomic E-state index is 12.8. The molecule has 3 rings (SSSR count). The second kappa shape index (κ2) is 6.04. The summed E-state index contributed by atoms with van der Waals surface area (Å²) in [6, 6.07) is 10.7. The van der Waals surface area contributed by atoms with Crippen LogP contribution in [-0.2, 0) is 19.4 Å². The van der Waals surface area contributed by atoms with Crippen LogP contribution in [0.3, 0.4) is 0 Å². The molecule has 0 fully saturated rings. The molecule has 0 N–H and O–H groups in total. The number of rotatable bonds is 2. The van der Waals surface area contributed by atoms with Gasteiger partial charge in [0.15, 0.2) is 4.91 Å². The Bertz CT molecular complexity index is 983. The van der Waals surface area contributed by atoms with Gasteiger partial charge in [0.05, 0.1) is 23.4 Å². The number of hydrogen-bond donors (Lipinski definition) is 0. The molecule has 1 heterocycles. The average Bonchev–Trinajstić information content (AvgIpc) is 2.55. The van der Waals surface area contributed by atoms with Crippen LogP contribution in [0.25, 0.3) is 0 Å². The van der Waals surface area contributed by atoms with Gasteiger partial charge in [-0.3, -0.25) is 0 Å². The van der Waals surface area contributed by atoms with Crippen LogP contribution < -0.4 is 4.90 Å². The zero-order valence-corrected chi connectivity index (χ0v) is 15.3. The van der Waals surface area contributed by atoms with Gasteiger partial charge in [-0.15, -0.1) is 0 Å². The molecule has 5 nitrogen and oxygen atoms in total. The molecule has 1 aliphatic heterocycles. The zero-order valence-electron chi connectivity index (χ0n) is 14.5. The number of hydrogen-bond acceptors (Lipinski definition) is 5. The standard InChI is InChI=1S/C19H19NO4S/c1-12-9-13(2)18(14(3)10-12)20-11-17(19(21)24-4)25(22,23)16-8-6-5-7-15(16)20/h5-11H,1-4H3. The third-order valence-corrected chi connectivity index (χ3v) is 5.99. The summed E-state index contributed by atoms with van der Waals surface area (Å²) in [6.45, 7) is 5.94. The topological polar surface area (TPSA) is 63.7 Å². The number of para-hydroxylation sites is 1. The molecular weight excluding hydrogens is 338 g/mol. The number of nitrogens with zero attached hydrogens (tertiary/aromatic N) is 1. The third kappa shape index (κ3) is 2.72. The van der Waals surface area contributed by atoms with Gasteiger partial charge < -0.3 is 9.64 Å². The van der Waals surface area contributed by atoms with Gasteiger partial charge in [0, 0.05) is 6.20 Å². The van der Waals surface area contributed by atoms with Gasteiger partial charge in [0.2, 0.25) is 9.84 Å². The molecule has 2 aromatic rings. The summed E-state index contributed by atoms with van der Waals surface area (Å²) in [5.74, 6) is -0.873. The normalized spacial score (nSPS) is 15.4. The van der Waals surface area contributed by atoms with E-state index in [2.05, 4.69) is 0 Å². The van der Waals surface area contributed by atoms with E-state index in [0.29, 0.717) is 5.69 Å². The van der Waals surface area contributed by atoms with Crippen LogP contribution in [0.2, 0.25) is 0 Å². The van der Waals surface area contributed by atoms with Crippen molar-refractivity contribution in [2.24, 2.45) is 0 Å². The smallest absolute Gasteiger partial charge is 0.351 e. The largest absolute Gasteiger partial charge is 0.465 e. The molecule has 0 atom stereocenters. The number of fused-ring (bicyclic) bond motifs is 1. The SMILES string of the molecule is COC(=O)C1=CN(c2c(C)cc(C)cc2C)c2ccccc2S1(=O)=O. The molecule has 0 radical (unpaired) electrons. The van der Waals surface area contributed by atoms with E-state index in [0.717, 1.165) is 22.4 Å². The zero-order chi connectivity index (χ0) is 18.4. The number of aryl methyl sites for hydroxylation is 3. The molecule has 0 aliphatic carbocycles. The molecule has 1 aliphatic rings. The molecule has 0 bridgehead atoms. The first kappa shape index (κ1) is 17.2. The summed E-state index contributed by atoms with van der Waals surface area (Å²) in [5.41, 5.74) is 4.48. The molecule has 2 aromatic carbocycles. The second-order valence-corrected chi connectivity index (χ2v) is 7.96. The van der Waals surface area contributed by atoms with Crippen molar-refractivity contribution in [3.63, 3.8) is 0 Å². The van der Waals surface area contributed by atoms with Crippen LogP contribution in [0.4, 0.5) is 11.4 Å². The number of benzene rings is 2. The van der Waals surface area contributed by atoms with E-state index >= 15 is 0 Å². The van der Waals surface area contributed by atoms with E-state index < -0.39 is 15.8 Å². The molecule has 130 valence electrons. The fourth-order valence-electron chi connectivity index (χ4n) is 3.26. The van der Waals surface area contributed by atoms with E-state index in [1.165, 1.54) is 19.4 Å². The van der Waals surface area contributed by atoms with Crippen LogP contribution in [0.5, 0.6) is 0 Å². The Labute approximate surface area is 147 Å². The summed E-state index contributed by atoms with van der Waals surface area (Å²) < 4.78 is 30.3. The number of anilines is 2. The van der Waals surface area contributed by atoms with Crippen molar-refractivity contribution in [2.75, 3.05) is 12.0 Å². The maximum Gasteiger partial charge on any atom is 0.351 e. The lowest BCUT2D eigenvalue weighted by molar-refractivity contribution is -0.135. The van der Waals surface area contributed by atoms with Gasteiger partial charge >= 0.3 is 5.97 Å². The Hall–Kier alpha value is -2.60. The number of ether oxygens (including phenoxy) is 1. The van der Waals surface area contributed by atoms with Gasteiger partial charge in [-0.2, -0.15) is 0 Å². The number of carbonyl (C=O) groups is 1. The van der Waals surface area contributed by atoms with Crippen molar-refractivity contribution in [3.05, 3.63) is 64.2 Å². The first-order valence-corrected chi connectivity index (χ1v) is 9.27. The van der Waals surface area contributed by atoms with E-state index in [-0.39, 0.29) is 9.80 Å². The van der Waals surface area contributed by atoms with Crippen LogP contribution in [-0.4, -0.2) is 21.5 Å². The highest BCUT2D eigenvalue weighted by molar-refractivity contribution is 7.96. The lowest BCUT2D eigenvalue weighted by Crippen LogP contribution is -2.27. The van der Waals surface area contributed by atoms with E-state index in [1.807, 2.05) is 32.9 Å². The predicted molar refractivity (Wildman–Crippen MR) is 96.5 cm³/mol. The van der Waals surface area contributed by atoms with Gasteiger partial charge in [0.25, 0.3) is 0 Å². The first-order chi connectivity index (χ1) is 11.8. The maximum absolute atomic E-state index is 12.8. The molecule has 0 spiro atoms. The minimum absolute atomic E-state index is 0.0947.